The van der Waals surface area contributed by atoms with Crippen LogP contribution in [0.3, 0.4) is 0 Å². The zero-order chi connectivity index (χ0) is 20.9. The number of urea groups is 1. The van der Waals surface area contributed by atoms with Crippen molar-refractivity contribution in [2.75, 3.05) is 10.6 Å². The lowest BCUT2D eigenvalue weighted by molar-refractivity contribution is 0.102. The Labute approximate surface area is 173 Å². The van der Waals surface area contributed by atoms with Crippen molar-refractivity contribution in [2.24, 2.45) is 0 Å². The largest absolute Gasteiger partial charge is 0.335 e. The van der Waals surface area contributed by atoms with Gasteiger partial charge in [-0.2, -0.15) is 0 Å². The summed E-state index contributed by atoms with van der Waals surface area (Å²) in [5.74, 6) is -0.152. The number of carbonyl (C=O) groups excluding carboxylic acids is 2. The molecule has 3 rings (SSSR count). The van der Waals surface area contributed by atoms with Crippen molar-refractivity contribution in [2.45, 2.75) is 64.3 Å². The molecule has 1 fully saturated rings. The lowest BCUT2D eigenvalue weighted by Crippen LogP contribution is -2.38. The minimum absolute atomic E-state index is 0.0567. The van der Waals surface area contributed by atoms with Crippen LogP contribution < -0.4 is 16.0 Å². The molecule has 1 aliphatic carbocycles. The van der Waals surface area contributed by atoms with Crippen LogP contribution in [0.1, 0.15) is 68.8 Å². The van der Waals surface area contributed by atoms with E-state index in [1.807, 2.05) is 24.3 Å². The summed E-state index contributed by atoms with van der Waals surface area (Å²) in [7, 11) is 0. The number of anilines is 2. The SMILES string of the molecule is CC(C)(C)c1ccc(C(=O)Nc2ccc(NC(=O)NC3CCCCC3)cc2)cc1. The third-order valence-electron chi connectivity index (χ3n) is 5.35. The van der Waals surface area contributed by atoms with Gasteiger partial charge >= 0.3 is 6.03 Å². The molecule has 0 bridgehead atoms. The molecule has 0 radical (unpaired) electrons. The van der Waals surface area contributed by atoms with Gasteiger partial charge in [-0.05, 0) is 60.2 Å². The van der Waals surface area contributed by atoms with Crippen molar-refractivity contribution in [3.63, 3.8) is 0 Å². The third-order valence-corrected chi connectivity index (χ3v) is 5.35. The zero-order valence-corrected chi connectivity index (χ0v) is 17.5. The van der Waals surface area contributed by atoms with Crippen molar-refractivity contribution in [1.29, 1.82) is 0 Å². The molecular formula is C24H31N3O2. The minimum atomic E-state index is -0.173. The van der Waals surface area contributed by atoms with Gasteiger partial charge in [-0.25, -0.2) is 4.79 Å². The Morgan fingerprint density at radius 2 is 1.34 bits per heavy atom. The predicted octanol–water partition coefficient (Wildman–Crippen LogP) is 5.69. The van der Waals surface area contributed by atoms with Crippen LogP contribution in [0.5, 0.6) is 0 Å². The number of rotatable bonds is 4. The molecule has 2 aromatic rings. The van der Waals surface area contributed by atoms with E-state index < -0.39 is 0 Å². The van der Waals surface area contributed by atoms with Gasteiger partial charge in [-0.3, -0.25) is 4.79 Å². The Morgan fingerprint density at radius 1 is 0.793 bits per heavy atom. The summed E-state index contributed by atoms with van der Waals surface area (Å²) in [5, 5.41) is 8.79. The second-order valence-corrected chi connectivity index (χ2v) is 8.79. The topological polar surface area (TPSA) is 70.2 Å². The molecule has 154 valence electrons. The third kappa shape index (κ3) is 6.08. The molecule has 0 atom stereocenters. The number of hydrogen-bond acceptors (Lipinski definition) is 2. The number of nitrogens with one attached hydrogen (secondary N) is 3. The van der Waals surface area contributed by atoms with Crippen molar-refractivity contribution >= 4 is 23.3 Å². The maximum absolute atomic E-state index is 12.5. The number of hydrogen-bond donors (Lipinski definition) is 3. The van der Waals surface area contributed by atoms with Gasteiger partial charge in [0.1, 0.15) is 0 Å². The van der Waals surface area contributed by atoms with Crippen LogP contribution >= 0.6 is 0 Å². The summed E-state index contributed by atoms with van der Waals surface area (Å²) in [6.45, 7) is 6.44. The van der Waals surface area contributed by atoms with Gasteiger partial charge < -0.3 is 16.0 Å². The Bertz CT molecular complexity index is 830. The van der Waals surface area contributed by atoms with E-state index in [-0.39, 0.29) is 23.4 Å². The average Bonchev–Trinajstić information content (AvgIpc) is 2.69. The quantitative estimate of drug-likeness (QED) is 0.624. The Morgan fingerprint density at radius 3 is 1.90 bits per heavy atom. The first-order valence-electron chi connectivity index (χ1n) is 10.4. The monoisotopic (exact) mass is 393 g/mol. The highest BCUT2D eigenvalue weighted by atomic mass is 16.2. The van der Waals surface area contributed by atoms with E-state index in [9.17, 15) is 9.59 Å². The first-order chi connectivity index (χ1) is 13.8. The molecule has 2 aromatic carbocycles. The molecule has 0 unspecified atom stereocenters. The highest BCUT2D eigenvalue weighted by Crippen LogP contribution is 2.23. The molecule has 1 saturated carbocycles. The van der Waals surface area contributed by atoms with Crippen LogP contribution in [-0.2, 0) is 5.41 Å². The lowest BCUT2D eigenvalue weighted by Gasteiger charge is -2.22. The van der Waals surface area contributed by atoms with E-state index in [1.54, 1.807) is 24.3 Å². The van der Waals surface area contributed by atoms with Gasteiger partial charge in [-0.1, -0.05) is 52.2 Å². The maximum atomic E-state index is 12.5. The summed E-state index contributed by atoms with van der Waals surface area (Å²) in [6.07, 6.45) is 5.72. The molecule has 0 aromatic heterocycles. The van der Waals surface area contributed by atoms with Crippen LogP contribution in [0, 0.1) is 0 Å². The fourth-order valence-corrected chi connectivity index (χ4v) is 3.56. The summed E-state index contributed by atoms with van der Waals surface area (Å²) in [4.78, 5) is 24.6. The maximum Gasteiger partial charge on any atom is 0.319 e. The second kappa shape index (κ2) is 9.12. The molecular weight excluding hydrogens is 362 g/mol. The van der Waals surface area contributed by atoms with Crippen LogP contribution in [-0.4, -0.2) is 18.0 Å². The zero-order valence-electron chi connectivity index (χ0n) is 17.5. The molecule has 29 heavy (non-hydrogen) atoms. The fourth-order valence-electron chi connectivity index (χ4n) is 3.56. The van der Waals surface area contributed by atoms with Gasteiger partial charge in [0.05, 0.1) is 0 Å². The van der Waals surface area contributed by atoms with Gasteiger partial charge in [-0.15, -0.1) is 0 Å². The summed E-state index contributed by atoms with van der Waals surface area (Å²) in [6, 6.07) is 14.9. The normalized spacial score (nSPS) is 14.9. The van der Waals surface area contributed by atoms with Crippen LogP contribution in [0.4, 0.5) is 16.2 Å². The molecule has 3 amide bonds. The molecule has 0 saturated heterocycles. The predicted molar refractivity (Wildman–Crippen MR) is 119 cm³/mol. The average molecular weight is 394 g/mol. The van der Waals surface area contributed by atoms with Crippen molar-refractivity contribution in [1.82, 2.24) is 5.32 Å². The van der Waals surface area contributed by atoms with Crippen LogP contribution in [0.2, 0.25) is 0 Å². The number of benzene rings is 2. The van der Waals surface area contributed by atoms with Crippen LogP contribution in [0.15, 0.2) is 48.5 Å². The molecule has 1 aliphatic rings. The summed E-state index contributed by atoms with van der Waals surface area (Å²) >= 11 is 0. The second-order valence-electron chi connectivity index (χ2n) is 8.79. The number of amides is 3. The molecule has 5 heteroatoms. The highest BCUT2D eigenvalue weighted by Gasteiger charge is 2.16. The summed E-state index contributed by atoms with van der Waals surface area (Å²) < 4.78 is 0. The van der Waals surface area contributed by atoms with Gasteiger partial charge in [0, 0.05) is 23.0 Å². The Kier molecular flexibility index (Phi) is 6.57. The van der Waals surface area contributed by atoms with Crippen molar-refractivity contribution in [3.8, 4) is 0 Å². The van der Waals surface area contributed by atoms with Gasteiger partial charge in [0.25, 0.3) is 5.91 Å². The van der Waals surface area contributed by atoms with E-state index in [0.29, 0.717) is 16.9 Å². The molecule has 0 aliphatic heterocycles. The molecule has 3 N–H and O–H groups in total. The van der Waals surface area contributed by atoms with E-state index >= 15 is 0 Å². The smallest absolute Gasteiger partial charge is 0.319 e. The Hall–Kier alpha value is -2.82. The summed E-state index contributed by atoms with van der Waals surface area (Å²) in [5.41, 5.74) is 3.25. The minimum Gasteiger partial charge on any atom is -0.335 e. The highest BCUT2D eigenvalue weighted by molar-refractivity contribution is 6.04. The van der Waals surface area contributed by atoms with E-state index in [0.717, 1.165) is 12.8 Å². The number of carbonyl (C=O) groups is 2. The van der Waals surface area contributed by atoms with Crippen molar-refractivity contribution in [3.05, 3.63) is 59.7 Å². The van der Waals surface area contributed by atoms with Crippen molar-refractivity contribution < 1.29 is 9.59 Å². The van der Waals surface area contributed by atoms with E-state index in [1.165, 1.54) is 24.8 Å². The molecule has 0 spiro atoms. The van der Waals surface area contributed by atoms with Gasteiger partial charge in [0.15, 0.2) is 0 Å². The Balaban J connectivity index is 1.53. The fraction of sp³-hybridized carbons (Fsp3) is 0.417. The van der Waals surface area contributed by atoms with E-state index in [2.05, 4.69) is 36.7 Å². The van der Waals surface area contributed by atoms with Gasteiger partial charge in [0.2, 0.25) is 0 Å². The molecule has 0 heterocycles. The first-order valence-corrected chi connectivity index (χ1v) is 10.4. The lowest BCUT2D eigenvalue weighted by atomic mass is 9.87. The molecule has 5 nitrogen and oxygen atoms in total. The van der Waals surface area contributed by atoms with Crippen LogP contribution in [0.25, 0.3) is 0 Å². The van der Waals surface area contributed by atoms with E-state index in [4.69, 9.17) is 0 Å². The first kappa shape index (κ1) is 20.9. The standard InChI is InChI=1S/C24H31N3O2/c1-24(2,3)18-11-9-17(10-12-18)22(28)25-20-13-15-21(16-14-20)27-23(29)26-19-7-5-4-6-8-19/h9-16,19H,4-8H2,1-3H3,(H,25,28)(H2,26,27,29).